The van der Waals surface area contributed by atoms with E-state index in [1.807, 2.05) is 0 Å². The average molecular weight is 238 g/mol. The molecule has 98 valence electrons. The molecule has 1 N–H and O–H groups in total. The van der Waals surface area contributed by atoms with E-state index in [1.165, 1.54) is 38.4 Å². The molecule has 1 saturated carbocycles. The fourth-order valence-corrected chi connectivity index (χ4v) is 3.44. The summed E-state index contributed by atoms with van der Waals surface area (Å²) < 4.78 is 0. The van der Waals surface area contributed by atoms with Crippen molar-refractivity contribution in [2.75, 3.05) is 26.2 Å². The molecule has 2 aliphatic rings. The first-order valence-corrected chi connectivity index (χ1v) is 7.25. The highest BCUT2D eigenvalue weighted by atomic mass is 16.1. The summed E-state index contributed by atoms with van der Waals surface area (Å²) in [6.45, 7) is 6.56. The zero-order valence-corrected chi connectivity index (χ0v) is 11.0. The molecule has 1 aliphatic heterocycles. The van der Waals surface area contributed by atoms with Gasteiger partial charge in [-0.2, -0.15) is 0 Å². The quantitative estimate of drug-likeness (QED) is 0.715. The summed E-state index contributed by atoms with van der Waals surface area (Å²) in [5, 5.41) is 3.42. The Labute approximate surface area is 105 Å². The first kappa shape index (κ1) is 13.0. The third-order valence-electron chi connectivity index (χ3n) is 4.44. The Morgan fingerprint density at radius 3 is 2.76 bits per heavy atom. The number of rotatable bonds is 6. The van der Waals surface area contributed by atoms with E-state index in [1.54, 1.807) is 0 Å². The molecule has 3 nitrogen and oxygen atoms in total. The van der Waals surface area contributed by atoms with Gasteiger partial charge >= 0.3 is 0 Å². The molecule has 1 heterocycles. The smallest absolute Gasteiger partial charge is 0.137 e. The molecule has 3 heteroatoms. The number of carbonyl (C=O) groups excluding carboxylic acids is 1. The van der Waals surface area contributed by atoms with E-state index in [4.69, 9.17) is 0 Å². The van der Waals surface area contributed by atoms with Gasteiger partial charge in [-0.3, -0.25) is 4.90 Å². The van der Waals surface area contributed by atoms with Gasteiger partial charge in [0.25, 0.3) is 0 Å². The lowest BCUT2D eigenvalue weighted by Gasteiger charge is -2.28. The third kappa shape index (κ3) is 3.29. The Morgan fingerprint density at radius 1 is 1.35 bits per heavy atom. The maximum absolute atomic E-state index is 11.3. The van der Waals surface area contributed by atoms with Crippen molar-refractivity contribution in [3.05, 3.63) is 0 Å². The maximum Gasteiger partial charge on any atom is 0.137 e. The zero-order valence-electron chi connectivity index (χ0n) is 11.0. The van der Waals surface area contributed by atoms with E-state index in [0.717, 1.165) is 32.1 Å². The second-order valence-electron chi connectivity index (χ2n) is 5.63. The number of carbonyl (C=O) groups is 1. The van der Waals surface area contributed by atoms with Crippen LogP contribution in [0.2, 0.25) is 0 Å². The molecule has 0 amide bonds. The molecule has 2 rings (SSSR count). The van der Waals surface area contributed by atoms with E-state index in [9.17, 15) is 4.79 Å². The van der Waals surface area contributed by atoms with Crippen LogP contribution in [0.5, 0.6) is 0 Å². The van der Waals surface area contributed by atoms with Gasteiger partial charge in [-0.1, -0.05) is 19.8 Å². The molecule has 1 aliphatic carbocycles. The zero-order chi connectivity index (χ0) is 12.1. The second-order valence-corrected chi connectivity index (χ2v) is 5.63. The monoisotopic (exact) mass is 238 g/mol. The number of aldehydes is 1. The fraction of sp³-hybridized carbons (Fsp3) is 0.929. The summed E-state index contributed by atoms with van der Waals surface area (Å²) in [6, 6.07) is 0.212. The lowest BCUT2D eigenvalue weighted by molar-refractivity contribution is -0.113. The number of nitrogens with one attached hydrogen (secondary N) is 1. The van der Waals surface area contributed by atoms with Gasteiger partial charge in [0, 0.05) is 6.54 Å². The minimum Gasteiger partial charge on any atom is -0.317 e. The van der Waals surface area contributed by atoms with Crippen molar-refractivity contribution in [1.29, 1.82) is 0 Å². The Morgan fingerprint density at radius 2 is 2.12 bits per heavy atom. The summed E-state index contributed by atoms with van der Waals surface area (Å²) in [5.41, 5.74) is 0. The number of likely N-dealkylation sites (tertiary alicyclic amines) is 1. The summed E-state index contributed by atoms with van der Waals surface area (Å²) in [7, 11) is 0. The summed E-state index contributed by atoms with van der Waals surface area (Å²) in [5.74, 6) is 1.39. The van der Waals surface area contributed by atoms with Gasteiger partial charge in [-0.05, 0) is 50.7 Å². The number of hydrogen-bond donors (Lipinski definition) is 1. The SMILES string of the molecule is CCNCC1CCN(C(C=O)C2CCCC2)C1. The largest absolute Gasteiger partial charge is 0.317 e. The summed E-state index contributed by atoms with van der Waals surface area (Å²) in [4.78, 5) is 13.8. The predicted octanol–water partition coefficient (Wildman–Crippen LogP) is 1.68. The van der Waals surface area contributed by atoms with Crippen LogP contribution in [0.15, 0.2) is 0 Å². The Balaban J connectivity index is 1.82. The molecule has 0 aromatic carbocycles. The van der Waals surface area contributed by atoms with Crippen LogP contribution < -0.4 is 5.32 Å². The molecule has 0 radical (unpaired) electrons. The minimum atomic E-state index is 0.212. The van der Waals surface area contributed by atoms with Crippen LogP contribution >= 0.6 is 0 Å². The lowest BCUT2D eigenvalue weighted by Crippen LogP contribution is -2.40. The van der Waals surface area contributed by atoms with Crippen LogP contribution in [0.3, 0.4) is 0 Å². The summed E-state index contributed by atoms with van der Waals surface area (Å²) in [6.07, 6.45) is 7.64. The molecule has 2 unspecified atom stereocenters. The summed E-state index contributed by atoms with van der Waals surface area (Å²) >= 11 is 0. The molecule has 0 aromatic heterocycles. The first-order chi connectivity index (χ1) is 8.35. The standard InChI is InChI=1S/C14H26N2O/c1-2-15-9-12-7-8-16(10-12)14(11-17)13-5-3-4-6-13/h11-15H,2-10H2,1H3. The molecule has 1 saturated heterocycles. The van der Waals surface area contributed by atoms with Crippen molar-refractivity contribution in [1.82, 2.24) is 10.2 Å². The van der Waals surface area contributed by atoms with E-state index in [-0.39, 0.29) is 6.04 Å². The topological polar surface area (TPSA) is 32.3 Å². The second kappa shape index (κ2) is 6.50. The first-order valence-electron chi connectivity index (χ1n) is 7.25. The molecule has 2 atom stereocenters. The van der Waals surface area contributed by atoms with Crippen molar-refractivity contribution in [3.8, 4) is 0 Å². The van der Waals surface area contributed by atoms with Gasteiger partial charge in [-0.15, -0.1) is 0 Å². The van der Waals surface area contributed by atoms with Crippen molar-refractivity contribution in [3.63, 3.8) is 0 Å². The van der Waals surface area contributed by atoms with E-state index in [2.05, 4.69) is 17.1 Å². The van der Waals surface area contributed by atoms with Crippen molar-refractivity contribution >= 4 is 6.29 Å². The molecule has 0 bridgehead atoms. The van der Waals surface area contributed by atoms with Crippen LogP contribution in [-0.4, -0.2) is 43.4 Å². The van der Waals surface area contributed by atoms with E-state index >= 15 is 0 Å². The number of hydrogen-bond acceptors (Lipinski definition) is 3. The highest BCUT2D eigenvalue weighted by Crippen LogP contribution is 2.31. The van der Waals surface area contributed by atoms with E-state index in [0.29, 0.717) is 5.92 Å². The van der Waals surface area contributed by atoms with Crippen molar-refractivity contribution in [2.24, 2.45) is 11.8 Å². The van der Waals surface area contributed by atoms with Gasteiger partial charge in [0.1, 0.15) is 6.29 Å². The fourth-order valence-electron chi connectivity index (χ4n) is 3.44. The van der Waals surface area contributed by atoms with Crippen LogP contribution in [0.25, 0.3) is 0 Å². The lowest BCUT2D eigenvalue weighted by atomic mass is 9.98. The number of nitrogens with zero attached hydrogens (tertiary/aromatic N) is 1. The van der Waals surface area contributed by atoms with Gasteiger partial charge in [0.05, 0.1) is 6.04 Å². The molecule has 0 spiro atoms. The molecular formula is C14H26N2O. The highest BCUT2D eigenvalue weighted by Gasteiger charge is 2.33. The molecule has 0 aromatic rings. The third-order valence-corrected chi connectivity index (χ3v) is 4.44. The van der Waals surface area contributed by atoms with Crippen LogP contribution in [0.4, 0.5) is 0 Å². The molecule has 17 heavy (non-hydrogen) atoms. The maximum atomic E-state index is 11.3. The van der Waals surface area contributed by atoms with Crippen LogP contribution in [0, 0.1) is 11.8 Å². The Hall–Kier alpha value is -0.410. The van der Waals surface area contributed by atoms with Gasteiger partial charge < -0.3 is 10.1 Å². The van der Waals surface area contributed by atoms with Crippen molar-refractivity contribution in [2.45, 2.75) is 45.1 Å². The Kier molecular flexibility index (Phi) is 4.99. The average Bonchev–Trinajstić information content (AvgIpc) is 2.99. The molecular weight excluding hydrogens is 212 g/mol. The highest BCUT2D eigenvalue weighted by molar-refractivity contribution is 5.58. The van der Waals surface area contributed by atoms with Crippen LogP contribution in [0.1, 0.15) is 39.0 Å². The minimum absolute atomic E-state index is 0.212. The van der Waals surface area contributed by atoms with Gasteiger partial charge in [-0.25, -0.2) is 0 Å². The normalized spacial score (nSPS) is 28.6. The predicted molar refractivity (Wildman–Crippen MR) is 70.0 cm³/mol. The Bertz CT molecular complexity index is 238. The van der Waals surface area contributed by atoms with Gasteiger partial charge in [0.2, 0.25) is 0 Å². The van der Waals surface area contributed by atoms with E-state index < -0.39 is 0 Å². The van der Waals surface area contributed by atoms with Crippen LogP contribution in [-0.2, 0) is 4.79 Å². The van der Waals surface area contributed by atoms with Gasteiger partial charge in [0.15, 0.2) is 0 Å². The van der Waals surface area contributed by atoms with Crippen molar-refractivity contribution < 1.29 is 4.79 Å². The molecule has 2 fully saturated rings.